The van der Waals surface area contributed by atoms with Crippen molar-refractivity contribution in [2.24, 2.45) is 5.92 Å². The van der Waals surface area contributed by atoms with Crippen LogP contribution in [0.2, 0.25) is 0 Å². The van der Waals surface area contributed by atoms with Gasteiger partial charge in [0.1, 0.15) is 0 Å². The van der Waals surface area contributed by atoms with Gasteiger partial charge in [-0.1, -0.05) is 39.7 Å². The summed E-state index contributed by atoms with van der Waals surface area (Å²) in [4.78, 5) is 10.3. The van der Waals surface area contributed by atoms with Gasteiger partial charge >= 0.3 is 0 Å². The summed E-state index contributed by atoms with van der Waals surface area (Å²) in [7, 11) is 0. The van der Waals surface area contributed by atoms with Gasteiger partial charge in [-0.05, 0) is 24.3 Å². The quantitative estimate of drug-likeness (QED) is 0.565. The highest BCUT2D eigenvalue weighted by Gasteiger charge is 2.02. The number of hydrogen-bond acceptors (Lipinski definition) is 2. The summed E-state index contributed by atoms with van der Waals surface area (Å²) >= 11 is 0. The Labute approximate surface area is 80.7 Å². The zero-order valence-corrected chi connectivity index (χ0v) is 8.64. The Morgan fingerprint density at radius 3 is 2.54 bits per heavy atom. The van der Waals surface area contributed by atoms with Gasteiger partial charge in [0.05, 0.1) is 5.97 Å². The maximum atomic E-state index is 10.3. The van der Waals surface area contributed by atoms with Crippen molar-refractivity contribution in [1.82, 2.24) is 0 Å². The number of carbonyl (C=O) groups excluding carboxylic acids is 1. The van der Waals surface area contributed by atoms with Crippen LogP contribution in [0.3, 0.4) is 0 Å². The molecule has 0 amide bonds. The minimum absolute atomic E-state index is 0.225. The predicted molar refractivity (Wildman–Crippen MR) is 52.1 cm³/mol. The third-order valence-corrected chi connectivity index (χ3v) is 2.28. The Balaban J connectivity index is 3.51. The first-order valence-electron chi connectivity index (χ1n) is 4.97. The van der Waals surface area contributed by atoms with E-state index in [1.54, 1.807) is 0 Å². The van der Waals surface area contributed by atoms with Gasteiger partial charge in [-0.15, -0.1) is 0 Å². The third kappa shape index (κ3) is 6.38. The van der Waals surface area contributed by atoms with Crippen LogP contribution in [0.5, 0.6) is 0 Å². The van der Waals surface area contributed by atoms with E-state index in [1.165, 1.54) is 19.3 Å². The van der Waals surface area contributed by atoms with Gasteiger partial charge in [-0.3, -0.25) is 0 Å². The molecule has 0 radical (unpaired) electrons. The van der Waals surface area contributed by atoms with E-state index in [-0.39, 0.29) is 5.57 Å². The molecule has 2 heteroatoms. The monoisotopic (exact) mass is 183 g/mol. The van der Waals surface area contributed by atoms with Gasteiger partial charge in [0, 0.05) is 0 Å². The molecule has 0 aromatic heterocycles. The molecular weight excluding hydrogens is 164 g/mol. The lowest BCUT2D eigenvalue weighted by atomic mass is 9.97. The molecule has 0 spiro atoms. The first kappa shape index (κ1) is 12.2. The van der Waals surface area contributed by atoms with E-state index in [4.69, 9.17) is 0 Å². The van der Waals surface area contributed by atoms with Crippen LogP contribution in [0.1, 0.15) is 46.0 Å². The lowest BCUT2D eigenvalue weighted by molar-refractivity contribution is -0.299. The topological polar surface area (TPSA) is 40.1 Å². The van der Waals surface area contributed by atoms with Crippen molar-refractivity contribution in [1.29, 1.82) is 0 Å². The fraction of sp³-hybridized carbons (Fsp3) is 0.727. The Kier molecular flexibility index (Phi) is 6.29. The normalized spacial score (nSPS) is 12.5. The molecule has 0 saturated heterocycles. The molecule has 1 unspecified atom stereocenters. The van der Waals surface area contributed by atoms with Crippen LogP contribution in [0, 0.1) is 5.92 Å². The molecule has 0 aromatic rings. The number of aliphatic carboxylic acids is 1. The number of unbranched alkanes of at least 4 members (excludes halogenated alkanes) is 1. The van der Waals surface area contributed by atoms with Gasteiger partial charge in [-0.2, -0.15) is 0 Å². The van der Waals surface area contributed by atoms with Crippen molar-refractivity contribution in [3.63, 3.8) is 0 Å². The smallest absolute Gasteiger partial charge is 0.0668 e. The Hall–Kier alpha value is -0.790. The fourth-order valence-electron chi connectivity index (χ4n) is 1.22. The average Bonchev–Trinajstić information content (AvgIpc) is 2.10. The van der Waals surface area contributed by atoms with Gasteiger partial charge < -0.3 is 9.90 Å². The maximum absolute atomic E-state index is 10.3. The molecule has 0 saturated carbocycles. The van der Waals surface area contributed by atoms with Crippen LogP contribution in [-0.4, -0.2) is 5.97 Å². The van der Waals surface area contributed by atoms with Crippen LogP contribution < -0.4 is 5.11 Å². The lowest BCUT2D eigenvalue weighted by Crippen LogP contribution is -2.24. The summed E-state index contributed by atoms with van der Waals surface area (Å²) < 4.78 is 0. The van der Waals surface area contributed by atoms with E-state index in [0.717, 1.165) is 6.42 Å². The summed E-state index contributed by atoms with van der Waals surface area (Å²) in [5.41, 5.74) is 0.225. The van der Waals surface area contributed by atoms with Crippen molar-refractivity contribution in [3.8, 4) is 0 Å². The van der Waals surface area contributed by atoms with Gasteiger partial charge in [0.15, 0.2) is 0 Å². The standard InChI is InChI=1S/C11H20O2/c1-4-5-6-9(2)7-8-10(3)11(12)13/h9H,3-8H2,1-2H3,(H,12,13)/p-1. The predicted octanol–water partition coefficient (Wildman–Crippen LogP) is 1.90. The molecule has 0 aliphatic heterocycles. The lowest BCUT2D eigenvalue weighted by Gasteiger charge is -2.12. The van der Waals surface area contributed by atoms with Crippen LogP contribution in [0.4, 0.5) is 0 Å². The van der Waals surface area contributed by atoms with Crippen molar-refractivity contribution < 1.29 is 9.90 Å². The molecule has 76 valence electrons. The zero-order valence-electron chi connectivity index (χ0n) is 8.64. The minimum atomic E-state index is -1.11. The van der Waals surface area contributed by atoms with Crippen molar-refractivity contribution in [2.75, 3.05) is 0 Å². The van der Waals surface area contributed by atoms with Crippen LogP contribution in [-0.2, 0) is 4.79 Å². The first-order chi connectivity index (χ1) is 6.07. The molecule has 13 heavy (non-hydrogen) atoms. The Bertz CT molecular complexity index is 173. The number of rotatable bonds is 7. The average molecular weight is 183 g/mol. The van der Waals surface area contributed by atoms with Crippen molar-refractivity contribution in [3.05, 3.63) is 12.2 Å². The summed E-state index contributed by atoms with van der Waals surface area (Å²) in [6.07, 6.45) is 5.07. The van der Waals surface area contributed by atoms with Crippen molar-refractivity contribution >= 4 is 5.97 Å². The summed E-state index contributed by atoms with van der Waals surface area (Å²) in [6.45, 7) is 7.75. The van der Waals surface area contributed by atoms with E-state index < -0.39 is 5.97 Å². The second-order valence-electron chi connectivity index (χ2n) is 3.68. The minimum Gasteiger partial charge on any atom is -0.545 e. The molecule has 0 heterocycles. The number of carboxylic acid groups (broad SMARTS) is 1. The molecule has 0 bridgehead atoms. The SMILES string of the molecule is C=C(CCC(C)CCCC)C(=O)[O-]. The van der Waals surface area contributed by atoms with Crippen LogP contribution >= 0.6 is 0 Å². The maximum Gasteiger partial charge on any atom is 0.0668 e. The summed E-state index contributed by atoms with van der Waals surface area (Å²) in [5, 5.41) is 10.3. The highest BCUT2D eigenvalue weighted by molar-refractivity contribution is 5.83. The van der Waals surface area contributed by atoms with E-state index in [2.05, 4.69) is 20.4 Å². The first-order valence-corrected chi connectivity index (χ1v) is 4.97. The van der Waals surface area contributed by atoms with Gasteiger partial charge in [0.2, 0.25) is 0 Å². The number of carboxylic acids is 1. The van der Waals surface area contributed by atoms with Gasteiger partial charge in [-0.25, -0.2) is 0 Å². The fourth-order valence-corrected chi connectivity index (χ4v) is 1.22. The Morgan fingerprint density at radius 2 is 2.08 bits per heavy atom. The molecule has 1 atom stereocenters. The molecular formula is C11H19O2-. The van der Waals surface area contributed by atoms with Crippen molar-refractivity contribution in [2.45, 2.75) is 46.0 Å². The highest BCUT2D eigenvalue weighted by Crippen LogP contribution is 2.16. The second kappa shape index (κ2) is 6.70. The second-order valence-corrected chi connectivity index (χ2v) is 3.68. The Morgan fingerprint density at radius 1 is 1.46 bits per heavy atom. The largest absolute Gasteiger partial charge is 0.545 e. The van der Waals surface area contributed by atoms with E-state index in [1.807, 2.05) is 0 Å². The van der Waals surface area contributed by atoms with Crippen LogP contribution in [0.25, 0.3) is 0 Å². The molecule has 0 rings (SSSR count). The van der Waals surface area contributed by atoms with E-state index in [9.17, 15) is 9.90 Å². The van der Waals surface area contributed by atoms with E-state index in [0.29, 0.717) is 12.3 Å². The molecule has 0 N–H and O–H groups in total. The number of hydrogen-bond donors (Lipinski definition) is 0. The van der Waals surface area contributed by atoms with Gasteiger partial charge in [0.25, 0.3) is 0 Å². The number of carbonyl (C=O) groups is 1. The zero-order chi connectivity index (χ0) is 10.3. The molecule has 0 aromatic carbocycles. The molecule has 0 aliphatic rings. The van der Waals surface area contributed by atoms with Crippen LogP contribution in [0.15, 0.2) is 12.2 Å². The highest BCUT2D eigenvalue weighted by atomic mass is 16.4. The molecule has 0 aliphatic carbocycles. The van der Waals surface area contributed by atoms with E-state index >= 15 is 0 Å². The summed E-state index contributed by atoms with van der Waals surface area (Å²) in [5.74, 6) is -0.515. The third-order valence-electron chi connectivity index (χ3n) is 2.28. The molecule has 2 nitrogen and oxygen atoms in total. The molecule has 0 fully saturated rings. The summed E-state index contributed by atoms with van der Waals surface area (Å²) in [6, 6.07) is 0.